The molecule has 2 nitrogen and oxygen atoms in total. The van der Waals surface area contributed by atoms with Crippen LogP contribution in [0.4, 0.5) is 0 Å². The first-order valence-corrected chi connectivity index (χ1v) is 10.8. The van der Waals surface area contributed by atoms with Gasteiger partial charge in [-0.2, -0.15) is 0 Å². The van der Waals surface area contributed by atoms with Crippen LogP contribution in [0.25, 0.3) is 0 Å². The van der Waals surface area contributed by atoms with E-state index < -0.39 is 0 Å². The molecule has 0 bridgehead atoms. The van der Waals surface area contributed by atoms with Crippen LogP contribution < -0.4 is 0 Å². The van der Waals surface area contributed by atoms with E-state index in [0.717, 1.165) is 12.0 Å². The Morgan fingerprint density at radius 3 is 2.50 bits per heavy atom. The van der Waals surface area contributed by atoms with Crippen LogP contribution in [-0.2, 0) is 0 Å². The summed E-state index contributed by atoms with van der Waals surface area (Å²) in [5.41, 5.74) is 3.27. The van der Waals surface area contributed by atoms with Gasteiger partial charge in [-0.25, -0.2) is 4.31 Å². The standard InChI is InChI=1S/C21H32N2S/c1-17-9-13-22(14-10-17)19-11-15-23(16-12-19)24-21-8-4-6-18-5-2-3-7-20(18)21/h3,7-8,17,19H,2,4-6,9-16H2,1H3. The maximum Gasteiger partial charge on any atom is 0.0262 e. The summed E-state index contributed by atoms with van der Waals surface area (Å²) in [6.07, 6.45) is 17.8. The molecule has 24 heavy (non-hydrogen) atoms. The Kier molecular flexibility index (Phi) is 5.50. The fourth-order valence-electron chi connectivity index (χ4n) is 4.63. The quantitative estimate of drug-likeness (QED) is 0.653. The molecule has 2 heterocycles. The third-order valence-electron chi connectivity index (χ3n) is 6.31. The fourth-order valence-corrected chi connectivity index (χ4v) is 5.81. The Balaban J connectivity index is 1.30. The molecule has 2 aliphatic heterocycles. The van der Waals surface area contributed by atoms with Gasteiger partial charge in [0.25, 0.3) is 0 Å². The molecule has 3 heteroatoms. The van der Waals surface area contributed by atoms with Gasteiger partial charge in [-0.3, -0.25) is 0 Å². The van der Waals surface area contributed by atoms with Gasteiger partial charge in [-0.1, -0.05) is 30.7 Å². The van der Waals surface area contributed by atoms with E-state index in [1.807, 2.05) is 11.9 Å². The summed E-state index contributed by atoms with van der Waals surface area (Å²) in [6.45, 7) is 7.60. The number of allylic oxidation sites excluding steroid dienone is 5. The van der Waals surface area contributed by atoms with E-state index in [1.165, 1.54) is 82.5 Å². The van der Waals surface area contributed by atoms with E-state index in [0.29, 0.717) is 0 Å². The van der Waals surface area contributed by atoms with Crippen LogP contribution in [0.1, 0.15) is 58.3 Å². The normalized spacial score (nSPS) is 28.1. The number of hydrogen-bond acceptors (Lipinski definition) is 3. The number of nitrogens with zero attached hydrogens (tertiary/aromatic N) is 2. The zero-order chi connectivity index (χ0) is 16.4. The van der Waals surface area contributed by atoms with Crippen molar-refractivity contribution in [3.8, 4) is 0 Å². The molecule has 2 aliphatic carbocycles. The highest BCUT2D eigenvalue weighted by molar-refractivity contribution is 8.01. The summed E-state index contributed by atoms with van der Waals surface area (Å²) < 4.78 is 2.63. The van der Waals surface area contributed by atoms with Crippen molar-refractivity contribution < 1.29 is 0 Å². The van der Waals surface area contributed by atoms with Crippen molar-refractivity contribution in [1.82, 2.24) is 9.21 Å². The second-order valence-electron chi connectivity index (χ2n) is 8.04. The first kappa shape index (κ1) is 16.9. The number of hydrogen-bond donors (Lipinski definition) is 0. The SMILES string of the molecule is CC1CCN(C2CCN(SC3=CCCC4=C3C=CCC4)CC2)CC1. The largest absolute Gasteiger partial charge is 0.300 e. The van der Waals surface area contributed by atoms with E-state index in [-0.39, 0.29) is 0 Å². The van der Waals surface area contributed by atoms with E-state index in [1.54, 1.807) is 11.1 Å². The highest BCUT2D eigenvalue weighted by Crippen LogP contribution is 2.40. The summed E-state index contributed by atoms with van der Waals surface area (Å²) in [6, 6.07) is 0.846. The minimum absolute atomic E-state index is 0.846. The minimum atomic E-state index is 0.846. The van der Waals surface area contributed by atoms with Crippen LogP contribution in [0.3, 0.4) is 0 Å². The van der Waals surface area contributed by atoms with Gasteiger partial charge in [-0.15, -0.1) is 0 Å². The van der Waals surface area contributed by atoms with Crippen molar-refractivity contribution in [3.63, 3.8) is 0 Å². The van der Waals surface area contributed by atoms with Crippen molar-refractivity contribution in [2.45, 2.75) is 64.3 Å². The topological polar surface area (TPSA) is 6.48 Å². The summed E-state index contributed by atoms with van der Waals surface area (Å²) in [7, 11) is 0. The van der Waals surface area contributed by atoms with E-state index in [2.05, 4.69) is 34.4 Å². The smallest absolute Gasteiger partial charge is 0.0262 e. The van der Waals surface area contributed by atoms with Gasteiger partial charge >= 0.3 is 0 Å². The second kappa shape index (κ2) is 7.80. The molecule has 2 saturated heterocycles. The predicted octanol–water partition coefficient (Wildman–Crippen LogP) is 5.16. The van der Waals surface area contributed by atoms with Crippen molar-refractivity contribution >= 4 is 11.9 Å². The highest BCUT2D eigenvalue weighted by Gasteiger charge is 2.28. The molecule has 0 aromatic carbocycles. The Morgan fingerprint density at radius 1 is 0.958 bits per heavy atom. The maximum absolute atomic E-state index is 2.78. The van der Waals surface area contributed by atoms with Gasteiger partial charge < -0.3 is 4.90 Å². The molecule has 0 spiro atoms. The molecule has 0 N–H and O–H groups in total. The van der Waals surface area contributed by atoms with Crippen LogP contribution >= 0.6 is 11.9 Å². The van der Waals surface area contributed by atoms with E-state index >= 15 is 0 Å². The third-order valence-corrected chi connectivity index (χ3v) is 7.51. The number of likely N-dealkylation sites (tertiary alicyclic amines) is 1. The summed E-state index contributed by atoms with van der Waals surface area (Å²) in [5.74, 6) is 0.946. The summed E-state index contributed by atoms with van der Waals surface area (Å²) >= 11 is 2.04. The lowest BCUT2D eigenvalue weighted by Gasteiger charge is -2.41. The van der Waals surface area contributed by atoms with Crippen molar-refractivity contribution in [2.24, 2.45) is 5.92 Å². The van der Waals surface area contributed by atoms with Crippen molar-refractivity contribution in [2.75, 3.05) is 26.2 Å². The third kappa shape index (κ3) is 3.84. The van der Waals surface area contributed by atoms with Crippen LogP contribution in [0.5, 0.6) is 0 Å². The Hall–Kier alpha value is -0.510. The summed E-state index contributed by atoms with van der Waals surface area (Å²) in [4.78, 5) is 4.32. The average molecular weight is 345 g/mol. The van der Waals surface area contributed by atoms with Gasteiger partial charge in [0.05, 0.1) is 0 Å². The molecular weight excluding hydrogens is 312 g/mol. The van der Waals surface area contributed by atoms with E-state index in [4.69, 9.17) is 0 Å². The first-order valence-electron chi connectivity index (χ1n) is 10.1. The van der Waals surface area contributed by atoms with Crippen LogP contribution in [-0.4, -0.2) is 41.4 Å². The molecule has 0 radical (unpaired) electrons. The molecule has 132 valence electrons. The molecule has 0 aromatic rings. The van der Waals surface area contributed by atoms with Gasteiger partial charge in [0.1, 0.15) is 0 Å². The monoisotopic (exact) mass is 344 g/mol. The van der Waals surface area contributed by atoms with Crippen LogP contribution in [0.15, 0.2) is 34.3 Å². The Morgan fingerprint density at radius 2 is 1.71 bits per heavy atom. The zero-order valence-corrected chi connectivity index (χ0v) is 16.0. The highest BCUT2D eigenvalue weighted by atomic mass is 32.2. The van der Waals surface area contributed by atoms with Gasteiger partial charge in [0.15, 0.2) is 0 Å². The fraction of sp³-hybridized carbons (Fsp3) is 0.714. The Labute approximate surface area is 152 Å². The van der Waals surface area contributed by atoms with Gasteiger partial charge in [0.2, 0.25) is 0 Å². The molecule has 0 saturated carbocycles. The number of piperidine rings is 2. The zero-order valence-electron chi connectivity index (χ0n) is 15.2. The second-order valence-corrected chi connectivity index (χ2v) is 9.17. The maximum atomic E-state index is 2.78. The lowest BCUT2D eigenvalue weighted by atomic mass is 9.90. The molecule has 0 unspecified atom stereocenters. The molecule has 0 aromatic heterocycles. The van der Waals surface area contributed by atoms with Crippen LogP contribution in [0.2, 0.25) is 0 Å². The van der Waals surface area contributed by atoms with Crippen molar-refractivity contribution in [1.29, 1.82) is 0 Å². The van der Waals surface area contributed by atoms with Gasteiger partial charge in [-0.05, 0) is 87.9 Å². The Bertz CT molecular complexity index is 528. The van der Waals surface area contributed by atoms with Gasteiger partial charge in [0, 0.05) is 24.0 Å². The van der Waals surface area contributed by atoms with Crippen LogP contribution in [0, 0.1) is 5.92 Å². The molecule has 0 atom stereocenters. The molecule has 0 amide bonds. The minimum Gasteiger partial charge on any atom is -0.300 e. The van der Waals surface area contributed by atoms with Crippen molar-refractivity contribution in [3.05, 3.63) is 34.3 Å². The molecular formula is C21H32N2S. The average Bonchev–Trinajstić information content (AvgIpc) is 2.63. The van der Waals surface area contributed by atoms with E-state index in [9.17, 15) is 0 Å². The first-order chi connectivity index (χ1) is 11.8. The molecule has 4 rings (SSSR count). The predicted molar refractivity (Wildman–Crippen MR) is 105 cm³/mol. The number of rotatable bonds is 3. The lowest BCUT2D eigenvalue weighted by Crippen LogP contribution is -2.46. The molecule has 2 fully saturated rings. The lowest BCUT2D eigenvalue weighted by molar-refractivity contribution is 0.103. The molecule has 4 aliphatic rings. The summed E-state index contributed by atoms with van der Waals surface area (Å²) in [5, 5.41) is 0.